The Morgan fingerprint density at radius 3 is 2.52 bits per heavy atom. The zero-order valence-electron chi connectivity index (χ0n) is 13.5. The number of anilines is 1. The van der Waals surface area contributed by atoms with Crippen LogP contribution in [0.5, 0.6) is 0 Å². The third-order valence-electron chi connectivity index (χ3n) is 4.07. The Kier molecular flexibility index (Phi) is 5.74. The van der Waals surface area contributed by atoms with E-state index < -0.39 is 18.5 Å². The number of pyridine rings is 1. The van der Waals surface area contributed by atoms with Crippen LogP contribution in [0.2, 0.25) is 0 Å². The van der Waals surface area contributed by atoms with Gasteiger partial charge in [0.25, 0.3) is 12.0 Å². The highest BCUT2D eigenvalue weighted by Crippen LogP contribution is 2.16. The van der Waals surface area contributed by atoms with Crippen LogP contribution < -0.4 is 10.5 Å². The lowest BCUT2D eigenvalue weighted by atomic mass is 10.2. The number of nitrogens with zero attached hydrogens (tertiary/aromatic N) is 5. The summed E-state index contributed by atoms with van der Waals surface area (Å²) < 4.78 is 26.5. The van der Waals surface area contributed by atoms with Crippen molar-refractivity contribution in [2.75, 3.05) is 31.1 Å². The highest BCUT2D eigenvalue weighted by molar-refractivity contribution is 9.10. The zero-order valence-corrected chi connectivity index (χ0v) is 15.1. The van der Waals surface area contributed by atoms with Crippen molar-refractivity contribution >= 4 is 21.6 Å². The van der Waals surface area contributed by atoms with Gasteiger partial charge in [-0.15, -0.1) is 0 Å². The Balaban J connectivity index is 1.58. The van der Waals surface area contributed by atoms with Crippen molar-refractivity contribution in [3.63, 3.8) is 0 Å². The molecule has 0 aliphatic carbocycles. The summed E-state index contributed by atoms with van der Waals surface area (Å²) in [5.41, 5.74) is 1.32. The second-order valence-corrected chi connectivity index (χ2v) is 6.82. The van der Waals surface area contributed by atoms with Crippen LogP contribution in [0.15, 0.2) is 40.0 Å². The lowest BCUT2D eigenvalue weighted by Crippen LogP contribution is -2.46. The average molecular weight is 414 g/mol. The molecule has 25 heavy (non-hydrogen) atoms. The molecule has 0 saturated carbocycles. The van der Waals surface area contributed by atoms with Crippen LogP contribution in [0.4, 0.5) is 14.5 Å². The van der Waals surface area contributed by atoms with E-state index in [1.165, 1.54) is 12.3 Å². The molecule has 2 aromatic heterocycles. The van der Waals surface area contributed by atoms with Crippen molar-refractivity contribution < 1.29 is 8.78 Å². The molecule has 9 heteroatoms. The van der Waals surface area contributed by atoms with Crippen molar-refractivity contribution in [2.45, 2.75) is 19.5 Å². The first kappa shape index (κ1) is 17.9. The van der Waals surface area contributed by atoms with E-state index in [1.54, 1.807) is 6.20 Å². The number of piperazine rings is 1. The molecule has 134 valence electrons. The molecule has 6 nitrogen and oxygen atoms in total. The lowest BCUT2D eigenvalue weighted by molar-refractivity contribution is 0.119. The van der Waals surface area contributed by atoms with E-state index in [2.05, 4.69) is 35.8 Å². The smallest absolute Gasteiger partial charge is 0.269 e. The van der Waals surface area contributed by atoms with Gasteiger partial charge in [0.1, 0.15) is 6.54 Å². The van der Waals surface area contributed by atoms with Gasteiger partial charge in [-0.2, -0.15) is 5.10 Å². The average Bonchev–Trinajstić information content (AvgIpc) is 2.57. The van der Waals surface area contributed by atoms with E-state index in [0.717, 1.165) is 47.4 Å². The fourth-order valence-electron chi connectivity index (χ4n) is 2.83. The number of halogens is 3. The standard InChI is InChI=1S/C16H18BrF2N5O/c17-13-5-12(7-20-8-13)10-22-1-3-23(4-2-22)14-6-16(25)24(21-9-14)11-15(18)19/h5-9,15H,1-4,10-11H2. The molecule has 3 heterocycles. The van der Waals surface area contributed by atoms with Gasteiger partial charge in [-0.3, -0.25) is 14.7 Å². The third kappa shape index (κ3) is 4.82. The number of aromatic nitrogens is 3. The van der Waals surface area contributed by atoms with Gasteiger partial charge in [0.15, 0.2) is 0 Å². The van der Waals surface area contributed by atoms with Crippen LogP contribution in [0.25, 0.3) is 0 Å². The molecule has 1 fully saturated rings. The molecule has 0 bridgehead atoms. The van der Waals surface area contributed by atoms with Crippen molar-refractivity contribution in [2.24, 2.45) is 0 Å². The Morgan fingerprint density at radius 2 is 1.88 bits per heavy atom. The van der Waals surface area contributed by atoms with E-state index in [0.29, 0.717) is 5.69 Å². The molecule has 1 aliphatic rings. The first-order valence-electron chi connectivity index (χ1n) is 7.93. The maximum atomic E-state index is 12.4. The summed E-state index contributed by atoms with van der Waals surface area (Å²) in [5.74, 6) is 0. The largest absolute Gasteiger partial charge is 0.368 e. The highest BCUT2D eigenvalue weighted by Gasteiger charge is 2.19. The maximum absolute atomic E-state index is 12.4. The second kappa shape index (κ2) is 8.01. The molecule has 3 rings (SSSR count). The summed E-state index contributed by atoms with van der Waals surface area (Å²) >= 11 is 3.42. The van der Waals surface area contributed by atoms with Crippen molar-refractivity contribution in [3.05, 3.63) is 51.1 Å². The van der Waals surface area contributed by atoms with Gasteiger partial charge in [-0.25, -0.2) is 13.5 Å². The van der Waals surface area contributed by atoms with Gasteiger partial charge < -0.3 is 4.90 Å². The predicted octanol–water partition coefficient (Wildman–Crippen LogP) is 1.99. The van der Waals surface area contributed by atoms with Crippen molar-refractivity contribution in [1.82, 2.24) is 19.7 Å². The van der Waals surface area contributed by atoms with E-state index >= 15 is 0 Å². The first-order chi connectivity index (χ1) is 12.0. The molecular weight excluding hydrogens is 396 g/mol. The fraction of sp³-hybridized carbons (Fsp3) is 0.438. The van der Waals surface area contributed by atoms with Crippen LogP contribution >= 0.6 is 15.9 Å². The molecule has 0 spiro atoms. The van der Waals surface area contributed by atoms with Crippen molar-refractivity contribution in [3.8, 4) is 0 Å². The fourth-order valence-corrected chi connectivity index (χ4v) is 3.24. The quantitative estimate of drug-likeness (QED) is 0.749. The van der Waals surface area contributed by atoms with Gasteiger partial charge in [0.05, 0.1) is 11.9 Å². The number of hydrogen-bond donors (Lipinski definition) is 0. The molecular formula is C16H18BrF2N5O. The molecule has 0 atom stereocenters. The summed E-state index contributed by atoms with van der Waals surface area (Å²) in [4.78, 5) is 20.4. The monoisotopic (exact) mass is 413 g/mol. The second-order valence-electron chi connectivity index (χ2n) is 5.90. The highest BCUT2D eigenvalue weighted by atomic mass is 79.9. The Labute approximate surface area is 152 Å². The summed E-state index contributed by atoms with van der Waals surface area (Å²) in [6.45, 7) is 3.32. The topological polar surface area (TPSA) is 54.3 Å². The van der Waals surface area contributed by atoms with Crippen LogP contribution in [-0.4, -0.2) is 52.3 Å². The number of alkyl halides is 2. The Hall–Kier alpha value is -1.87. The minimum Gasteiger partial charge on any atom is -0.368 e. The van der Waals surface area contributed by atoms with E-state index in [4.69, 9.17) is 0 Å². The maximum Gasteiger partial charge on any atom is 0.269 e. The van der Waals surface area contributed by atoms with Crippen LogP contribution in [-0.2, 0) is 13.1 Å². The summed E-state index contributed by atoms with van der Waals surface area (Å²) in [5, 5.41) is 3.85. The molecule has 2 aromatic rings. The normalized spacial score (nSPS) is 15.8. The van der Waals surface area contributed by atoms with Gasteiger partial charge in [-0.1, -0.05) is 0 Å². The molecule has 0 unspecified atom stereocenters. The third-order valence-corrected chi connectivity index (χ3v) is 4.50. The van der Waals surface area contributed by atoms with Crippen LogP contribution in [0.3, 0.4) is 0 Å². The van der Waals surface area contributed by atoms with Gasteiger partial charge in [0, 0.05) is 55.7 Å². The van der Waals surface area contributed by atoms with E-state index in [1.807, 2.05) is 12.3 Å². The Bertz CT molecular complexity index is 777. The van der Waals surface area contributed by atoms with E-state index in [-0.39, 0.29) is 0 Å². The molecule has 1 saturated heterocycles. The molecule has 0 aromatic carbocycles. The summed E-state index contributed by atoms with van der Waals surface area (Å²) in [7, 11) is 0. The van der Waals surface area contributed by atoms with Gasteiger partial charge >= 0.3 is 0 Å². The predicted molar refractivity (Wildman–Crippen MR) is 93.9 cm³/mol. The number of hydrogen-bond acceptors (Lipinski definition) is 5. The molecule has 1 aliphatic heterocycles. The Morgan fingerprint density at radius 1 is 1.12 bits per heavy atom. The lowest BCUT2D eigenvalue weighted by Gasteiger charge is -2.35. The summed E-state index contributed by atoms with van der Waals surface area (Å²) in [6.07, 6.45) is 2.50. The van der Waals surface area contributed by atoms with E-state index in [9.17, 15) is 13.6 Å². The first-order valence-corrected chi connectivity index (χ1v) is 8.72. The van der Waals surface area contributed by atoms with Crippen LogP contribution in [0, 0.1) is 0 Å². The minimum atomic E-state index is -2.59. The van der Waals surface area contributed by atoms with Gasteiger partial charge in [0.2, 0.25) is 0 Å². The van der Waals surface area contributed by atoms with Gasteiger partial charge in [-0.05, 0) is 27.6 Å². The van der Waals surface area contributed by atoms with Crippen LogP contribution in [0.1, 0.15) is 5.56 Å². The van der Waals surface area contributed by atoms with Crippen molar-refractivity contribution in [1.29, 1.82) is 0 Å². The number of rotatable bonds is 5. The SMILES string of the molecule is O=c1cc(N2CCN(Cc3cncc(Br)c3)CC2)cnn1CC(F)F. The minimum absolute atomic E-state index is 0.500. The molecule has 0 radical (unpaired) electrons. The zero-order chi connectivity index (χ0) is 17.8. The molecule has 0 amide bonds. The summed E-state index contributed by atoms with van der Waals surface area (Å²) in [6, 6.07) is 3.43. The molecule has 0 N–H and O–H groups in total.